The van der Waals surface area contributed by atoms with Gasteiger partial charge in [-0.15, -0.1) is 0 Å². The van der Waals surface area contributed by atoms with Crippen LogP contribution in [0, 0.1) is 6.92 Å². The highest BCUT2D eigenvalue weighted by atomic mass is 32.1. The van der Waals surface area contributed by atoms with Crippen LogP contribution in [0.2, 0.25) is 0 Å². The van der Waals surface area contributed by atoms with Crippen LogP contribution in [-0.2, 0) is 30.3 Å². The Kier molecular flexibility index (Phi) is 13.1. The van der Waals surface area contributed by atoms with Gasteiger partial charge in [-0.25, -0.2) is 9.59 Å². The summed E-state index contributed by atoms with van der Waals surface area (Å²) in [7, 11) is 0. The topological polar surface area (TPSA) is 134 Å². The highest BCUT2D eigenvalue weighted by Gasteiger charge is 2.39. The van der Waals surface area contributed by atoms with Gasteiger partial charge >= 0.3 is 12.1 Å². The molecule has 11 heteroatoms. The molecule has 0 aliphatic carbocycles. The first-order valence-corrected chi connectivity index (χ1v) is 15.4. The molecule has 3 amide bonds. The van der Waals surface area contributed by atoms with Crippen LogP contribution in [0.25, 0.3) is 0 Å². The van der Waals surface area contributed by atoms with Gasteiger partial charge in [-0.1, -0.05) is 55.5 Å². The zero-order valence-electron chi connectivity index (χ0n) is 27.0. The van der Waals surface area contributed by atoms with Crippen LogP contribution in [-0.4, -0.2) is 69.5 Å². The van der Waals surface area contributed by atoms with E-state index in [2.05, 4.69) is 23.3 Å². The number of rotatable bonds is 12. The number of para-hydroxylation sites is 1. The molecule has 2 rings (SSSR count). The Bertz CT molecular complexity index is 1290. The quantitative estimate of drug-likeness (QED) is 0.194. The van der Waals surface area contributed by atoms with Crippen LogP contribution < -0.4 is 10.6 Å². The number of amides is 3. The van der Waals surface area contributed by atoms with Crippen LogP contribution in [0.4, 0.5) is 4.79 Å². The van der Waals surface area contributed by atoms with Gasteiger partial charge in [0, 0.05) is 24.3 Å². The second-order valence-corrected chi connectivity index (χ2v) is 13.0. The van der Waals surface area contributed by atoms with E-state index in [4.69, 9.17) is 9.47 Å². The maximum Gasteiger partial charge on any atom is 0.408 e. The van der Waals surface area contributed by atoms with E-state index in [-0.39, 0.29) is 30.0 Å². The van der Waals surface area contributed by atoms with Crippen molar-refractivity contribution in [3.8, 4) is 5.75 Å². The number of esters is 1. The van der Waals surface area contributed by atoms with Crippen LogP contribution in [0.3, 0.4) is 0 Å². The second kappa shape index (κ2) is 15.8. The molecule has 242 valence electrons. The number of aromatic hydroxyl groups is 1. The Hall–Kier alpha value is -3.73. The third-order valence-electron chi connectivity index (χ3n) is 6.33. The normalized spacial score (nSPS) is 13.7. The fraction of sp³-hybridized carbons (Fsp3) is 0.515. The maximum atomic E-state index is 14.3. The summed E-state index contributed by atoms with van der Waals surface area (Å²) in [5, 5.41) is 16.5. The number of nitrogens with zero attached hydrogens (tertiary/aromatic N) is 1. The Morgan fingerprint density at radius 1 is 0.886 bits per heavy atom. The van der Waals surface area contributed by atoms with Crippen LogP contribution in [0.1, 0.15) is 77.6 Å². The van der Waals surface area contributed by atoms with Gasteiger partial charge < -0.3 is 30.1 Å². The van der Waals surface area contributed by atoms with Gasteiger partial charge in [0.05, 0.1) is 0 Å². The molecular weight excluding hydrogens is 582 g/mol. The van der Waals surface area contributed by atoms with Crippen molar-refractivity contribution in [2.75, 3.05) is 12.3 Å². The predicted octanol–water partition coefficient (Wildman–Crippen LogP) is 4.87. The summed E-state index contributed by atoms with van der Waals surface area (Å²) in [6, 6.07) is 10.5. The molecule has 0 spiro atoms. The van der Waals surface area contributed by atoms with E-state index in [1.807, 2.05) is 37.3 Å². The van der Waals surface area contributed by atoms with Crippen molar-refractivity contribution in [1.82, 2.24) is 15.5 Å². The summed E-state index contributed by atoms with van der Waals surface area (Å²) in [5.41, 5.74) is -0.168. The standard InChI is InChI=1S/C33H47N3O7S/c1-9-18-36(29(39)25(20-44)35-31(41)43-33(6,7)8)26(23-17-13-14-21(2)27(23)37)28(38)34-24(30(40)42-32(3,4)5)19-22-15-11-10-12-16-22/h10-17,24-26,37,44H,9,18-20H2,1-8H3,(H,34,38)(H,35,41). The van der Waals surface area contributed by atoms with Gasteiger partial charge in [0.1, 0.15) is 35.1 Å². The number of benzene rings is 2. The smallest absolute Gasteiger partial charge is 0.408 e. The van der Waals surface area contributed by atoms with Crippen molar-refractivity contribution in [2.45, 2.75) is 97.6 Å². The lowest BCUT2D eigenvalue weighted by atomic mass is 9.98. The summed E-state index contributed by atoms with van der Waals surface area (Å²) >= 11 is 4.30. The van der Waals surface area contributed by atoms with Crippen molar-refractivity contribution < 1.29 is 33.8 Å². The molecule has 0 fully saturated rings. The van der Waals surface area contributed by atoms with E-state index in [0.717, 1.165) is 5.56 Å². The van der Waals surface area contributed by atoms with Crippen LogP contribution in [0.15, 0.2) is 48.5 Å². The number of nitrogens with one attached hydrogen (secondary N) is 2. The molecule has 0 radical (unpaired) electrons. The third-order valence-corrected chi connectivity index (χ3v) is 6.70. The van der Waals surface area contributed by atoms with Crippen molar-refractivity contribution in [1.29, 1.82) is 0 Å². The van der Waals surface area contributed by atoms with Crippen LogP contribution in [0.5, 0.6) is 5.75 Å². The Morgan fingerprint density at radius 3 is 2.05 bits per heavy atom. The van der Waals surface area contributed by atoms with E-state index in [0.29, 0.717) is 12.0 Å². The third kappa shape index (κ3) is 11.1. The molecule has 0 aromatic heterocycles. The minimum absolute atomic E-state index is 0.0824. The molecule has 44 heavy (non-hydrogen) atoms. The van der Waals surface area contributed by atoms with Gasteiger partial charge in [-0.2, -0.15) is 12.6 Å². The zero-order valence-corrected chi connectivity index (χ0v) is 27.9. The largest absolute Gasteiger partial charge is 0.507 e. The average molecular weight is 630 g/mol. The lowest BCUT2D eigenvalue weighted by Crippen LogP contribution is -2.55. The molecular formula is C33H47N3O7S. The van der Waals surface area contributed by atoms with Crippen molar-refractivity contribution in [3.05, 3.63) is 65.2 Å². The molecule has 2 aromatic carbocycles. The lowest BCUT2D eigenvalue weighted by molar-refractivity contribution is -0.159. The van der Waals surface area contributed by atoms with Gasteiger partial charge in [0.25, 0.3) is 0 Å². The predicted molar refractivity (Wildman–Crippen MR) is 173 cm³/mol. The number of ether oxygens (including phenoxy) is 2. The second-order valence-electron chi connectivity index (χ2n) is 12.6. The number of phenols is 1. The summed E-state index contributed by atoms with van der Waals surface area (Å²) in [6.07, 6.45) is -0.226. The van der Waals surface area contributed by atoms with Crippen LogP contribution >= 0.6 is 12.6 Å². The SMILES string of the molecule is CCCN(C(=O)C(CS)NC(=O)OC(C)(C)C)C(C(=O)NC(Cc1ccccc1)C(=O)OC(C)(C)C)c1cccc(C)c1O. The van der Waals surface area contributed by atoms with Crippen molar-refractivity contribution in [2.24, 2.45) is 0 Å². The maximum absolute atomic E-state index is 14.3. The molecule has 2 aromatic rings. The first-order valence-electron chi connectivity index (χ1n) is 14.7. The molecule has 3 N–H and O–H groups in total. The average Bonchev–Trinajstić information content (AvgIpc) is 2.91. The highest BCUT2D eigenvalue weighted by Crippen LogP contribution is 2.33. The molecule has 0 aliphatic heterocycles. The molecule has 10 nitrogen and oxygen atoms in total. The number of hydrogen-bond donors (Lipinski definition) is 4. The molecule has 0 aliphatic rings. The summed E-state index contributed by atoms with van der Waals surface area (Å²) in [5.74, 6) is -2.20. The first kappa shape index (κ1) is 36.5. The summed E-state index contributed by atoms with van der Waals surface area (Å²) in [6.45, 7) is 13.9. The van der Waals surface area contributed by atoms with E-state index in [1.165, 1.54) is 4.90 Å². The van der Waals surface area contributed by atoms with Gasteiger partial charge in [-0.05, 0) is 66.0 Å². The lowest BCUT2D eigenvalue weighted by Gasteiger charge is -2.35. The molecule has 0 heterocycles. The minimum atomic E-state index is -1.36. The number of carbonyl (C=O) groups excluding carboxylic acids is 4. The van der Waals surface area contributed by atoms with Gasteiger partial charge in [0.15, 0.2) is 0 Å². The first-order chi connectivity index (χ1) is 20.5. The van der Waals surface area contributed by atoms with E-state index >= 15 is 0 Å². The molecule has 0 bridgehead atoms. The zero-order chi connectivity index (χ0) is 33.2. The fourth-order valence-electron chi connectivity index (χ4n) is 4.46. The minimum Gasteiger partial charge on any atom is -0.507 e. The number of thiol groups is 1. The van der Waals surface area contributed by atoms with Gasteiger partial charge in [-0.3, -0.25) is 9.59 Å². The number of aryl methyl sites for hydroxylation is 1. The van der Waals surface area contributed by atoms with E-state index in [9.17, 15) is 24.3 Å². The fourth-order valence-corrected chi connectivity index (χ4v) is 4.71. The van der Waals surface area contributed by atoms with Gasteiger partial charge in [0.2, 0.25) is 11.8 Å². The monoisotopic (exact) mass is 629 g/mol. The Balaban J connectivity index is 2.58. The number of phenolic OH excluding ortho intramolecular Hbond substituents is 1. The number of carbonyl (C=O) groups is 4. The van der Waals surface area contributed by atoms with E-state index < -0.39 is 53.2 Å². The number of hydrogen-bond acceptors (Lipinski definition) is 8. The molecule has 3 atom stereocenters. The Morgan fingerprint density at radius 2 is 1.50 bits per heavy atom. The number of alkyl carbamates (subject to hydrolysis) is 1. The molecule has 3 unspecified atom stereocenters. The van der Waals surface area contributed by atoms with Crippen molar-refractivity contribution >= 4 is 36.5 Å². The molecule has 0 saturated carbocycles. The summed E-state index contributed by atoms with van der Waals surface area (Å²) in [4.78, 5) is 55.5. The summed E-state index contributed by atoms with van der Waals surface area (Å²) < 4.78 is 11.0. The highest BCUT2D eigenvalue weighted by molar-refractivity contribution is 7.80. The van der Waals surface area contributed by atoms with E-state index in [1.54, 1.807) is 66.7 Å². The van der Waals surface area contributed by atoms with Crippen molar-refractivity contribution in [3.63, 3.8) is 0 Å². The Labute approximate surface area is 266 Å². The molecule has 0 saturated heterocycles.